The van der Waals surface area contributed by atoms with Gasteiger partial charge < -0.3 is 14.7 Å². The van der Waals surface area contributed by atoms with Crippen molar-refractivity contribution in [1.82, 2.24) is 0 Å². The smallest absolute Gasteiger partial charge is 0.248 e. The third-order valence-electron chi connectivity index (χ3n) is 11.0. The van der Waals surface area contributed by atoms with Crippen LogP contribution in [0.25, 0.3) is 5.70 Å². The molecule has 7 aromatic carbocycles. The summed E-state index contributed by atoms with van der Waals surface area (Å²) in [4.78, 5) is 7.45. The molecule has 0 aromatic heterocycles. The minimum absolute atomic E-state index is 0.0690. The van der Waals surface area contributed by atoms with Gasteiger partial charge in [-0.3, -0.25) is 0 Å². The Labute approximate surface area is 300 Å². The fourth-order valence-electron chi connectivity index (χ4n) is 8.91. The molecule has 4 heteroatoms. The average molecular weight is 654 g/mol. The van der Waals surface area contributed by atoms with Gasteiger partial charge in [0.05, 0.1) is 5.69 Å². The summed E-state index contributed by atoms with van der Waals surface area (Å²) in [5.74, 6) is 0. The first kappa shape index (κ1) is 29.6. The Morgan fingerprint density at radius 2 is 0.961 bits per heavy atom. The van der Waals surface area contributed by atoms with E-state index in [9.17, 15) is 0 Å². The predicted molar refractivity (Wildman–Crippen MR) is 216 cm³/mol. The molecule has 242 valence electrons. The summed E-state index contributed by atoms with van der Waals surface area (Å²) in [7, 11) is 0. The summed E-state index contributed by atoms with van der Waals surface area (Å²) >= 11 is 0. The molecule has 1 aliphatic carbocycles. The first-order valence-electron chi connectivity index (χ1n) is 17.8. The summed E-state index contributed by atoms with van der Waals surface area (Å²) in [6.45, 7) is 4.92. The largest absolute Gasteiger partial charge is 0.311 e. The second-order valence-electron chi connectivity index (χ2n) is 14.2. The third-order valence-corrected chi connectivity index (χ3v) is 11.0. The fraction of sp³-hybridized carbons (Fsp3) is 0.0638. The summed E-state index contributed by atoms with van der Waals surface area (Å²) in [6.07, 6.45) is 0. The Bertz CT molecular complexity index is 2420. The van der Waals surface area contributed by atoms with Crippen LogP contribution in [0.1, 0.15) is 25.0 Å². The van der Waals surface area contributed by atoms with Gasteiger partial charge in [0, 0.05) is 56.5 Å². The standard InChI is InChI=1S/C47H36BN3/c1-47(2)39-28-16-15-27-38(39)45-46(47)48-40-29-17-18-30-41(40)50(35-23-11-5-12-24-35)42-31-37(32-43(44(42)48)51(45)36-25-13-6-14-26-36)49(33-19-7-3-8-20-33)34-21-9-4-10-22-34/h3-32H,1-2H3. The van der Waals surface area contributed by atoms with Crippen molar-refractivity contribution < 1.29 is 0 Å². The van der Waals surface area contributed by atoms with E-state index in [4.69, 9.17) is 0 Å². The van der Waals surface area contributed by atoms with Crippen molar-refractivity contribution in [2.45, 2.75) is 19.3 Å². The van der Waals surface area contributed by atoms with Crippen LogP contribution < -0.4 is 25.6 Å². The Hall–Kier alpha value is -6.26. The quantitative estimate of drug-likeness (QED) is 0.171. The van der Waals surface area contributed by atoms with Crippen molar-refractivity contribution in [3.05, 3.63) is 199 Å². The Kier molecular flexibility index (Phi) is 6.62. The van der Waals surface area contributed by atoms with E-state index < -0.39 is 0 Å². The van der Waals surface area contributed by atoms with E-state index in [1.165, 1.54) is 50.3 Å². The molecule has 3 nitrogen and oxygen atoms in total. The van der Waals surface area contributed by atoms with Crippen molar-refractivity contribution >= 4 is 68.8 Å². The molecular formula is C47H36BN3. The van der Waals surface area contributed by atoms with Gasteiger partial charge >= 0.3 is 0 Å². The van der Waals surface area contributed by atoms with Crippen LogP contribution in [0, 0.1) is 0 Å². The highest BCUT2D eigenvalue weighted by molar-refractivity contribution is 6.96. The molecule has 3 aliphatic rings. The van der Waals surface area contributed by atoms with Crippen LogP contribution in [0.5, 0.6) is 0 Å². The first-order valence-corrected chi connectivity index (χ1v) is 17.8. The molecule has 0 fully saturated rings. The second-order valence-corrected chi connectivity index (χ2v) is 14.2. The number of nitrogens with zero attached hydrogens (tertiary/aromatic N) is 3. The van der Waals surface area contributed by atoms with Crippen LogP contribution in [0.4, 0.5) is 45.5 Å². The van der Waals surface area contributed by atoms with Crippen molar-refractivity contribution in [3.63, 3.8) is 0 Å². The lowest BCUT2D eigenvalue weighted by Gasteiger charge is -2.46. The van der Waals surface area contributed by atoms with E-state index in [0.717, 1.165) is 28.4 Å². The van der Waals surface area contributed by atoms with Crippen LogP contribution in [0.3, 0.4) is 0 Å². The lowest BCUT2D eigenvalue weighted by atomic mass is 9.30. The first-order chi connectivity index (χ1) is 25.1. The van der Waals surface area contributed by atoms with Crippen molar-refractivity contribution in [2.24, 2.45) is 0 Å². The molecular weight excluding hydrogens is 617 g/mol. The maximum absolute atomic E-state index is 2.56. The Balaban J connectivity index is 1.36. The zero-order valence-corrected chi connectivity index (χ0v) is 28.7. The minimum atomic E-state index is -0.195. The van der Waals surface area contributed by atoms with Crippen LogP contribution in [-0.4, -0.2) is 6.71 Å². The number of anilines is 8. The fourth-order valence-corrected chi connectivity index (χ4v) is 8.91. The van der Waals surface area contributed by atoms with E-state index >= 15 is 0 Å². The van der Waals surface area contributed by atoms with Crippen molar-refractivity contribution in [1.29, 1.82) is 0 Å². The van der Waals surface area contributed by atoms with Gasteiger partial charge in [-0.1, -0.05) is 135 Å². The van der Waals surface area contributed by atoms with Crippen molar-refractivity contribution in [3.8, 4) is 0 Å². The highest BCUT2D eigenvalue weighted by atomic mass is 15.2. The monoisotopic (exact) mass is 653 g/mol. The van der Waals surface area contributed by atoms with E-state index in [1.54, 1.807) is 0 Å². The molecule has 0 atom stereocenters. The van der Waals surface area contributed by atoms with Crippen molar-refractivity contribution in [2.75, 3.05) is 14.7 Å². The zero-order chi connectivity index (χ0) is 34.1. The molecule has 10 rings (SSSR count). The van der Waals surface area contributed by atoms with Crippen LogP contribution in [0.2, 0.25) is 0 Å². The number of hydrogen-bond donors (Lipinski definition) is 0. The molecule has 0 radical (unpaired) electrons. The van der Waals surface area contributed by atoms with Crippen LogP contribution in [0.15, 0.2) is 187 Å². The maximum Gasteiger partial charge on any atom is 0.248 e. The topological polar surface area (TPSA) is 9.72 Å². The van der Waals surface area contributed by atoms with Crippen LogP contribution >= 0.6 is 0 Å². The van der Waals surface area contributed by atoms with Gasteiger partial charge in [-0.2, -0.15) is 0 Å². The highest BCUT2D eigenvalue weighted by Crippen LogP contribution is 2.56. The van der Waals surface area contributed by atoms with Gasteiger partial charge in [0.15, 0.2) is 0 Å². The van der Waals surface area contributed by atoms with E-state index in [1.807, 2.05) is 0 Å². The SMILES string of the molecule is CC1(C)C2=C(c3ccccc31)N(c1ccccc1)c1cc(N(c3ccccc3)c3ccccc3)cc3c1B2c1ccccc1N3c1ccccc1. The van der Waals surface area contributed by atoms with Gasteiger partial charge in [-0.05, 0) is 83.2 Å². The molecule has 0 spiro atoms. The normalized spacial score (nSPS) is 14.8. The molecule has 0 N–H and O–H groups in total. The Morgan fingerprint density at radius 3 is 1.59 bits per heavy atom. The molecule has 2 aliphatic heterocycles. The molecule has 7 aromatic rings. The molecule has 0 saturated carbocycles. The van der Waals surface area contributed by atoms with Crippen LogP contribution in [-0.2, 0) is 5.41 Å². The minimum Gasteiger partial charge on any atom is -0.311 e. The third kappa shape index (κ3) is 4.39. The molecule has 0 unspecified atom stereocenters. The summed E-state index contributed by atoms with van der Waals surface area (Å²) < 4.78 is 0. The van der Waals surface area contributed by atoms with E-state index in [2.05, 4.69) is 211 Å². The molecule has 0 bridgehead atoms. The number of rotatable bonds is 5. The van der Waals surface area contributed by atoms with Gasteiger partial charge in [0.1, 0.15) is 0 Å². The van der Waals surface area contributed by atoms with E-state index in [-0.39, 0.29) is 12.1 Å². The zero-order valence-electron chi connectivity index (χ0n) is 28.7. The number of fused-ring (bicyclic) bond motifs is 5. The van der Waals surface area contributed by atoms with E-state index in [0.29, 0.717) is 0 Å². The number of benzene rings is 7. The molecule has 0 amide bonds. The highest BCUT2D eigenvalue weighted by Gasteiger charge is 2.53. The summed E-state index contributed by atoms with van der Waals surface area (Å²) in [5.41, 5.74) is 17.2. The second kappa shape index (κ2) is 11.4. The lowest BCUT2D eigenvalue weighted by molar-refractivity contribution is 0.666. The Morgan fingerprint density at radius 1 is 0.471 bits per heavy atom. The van der Waals surface area contributed by atoms with Gasteiger partial charge in [-0.25, -0.2) is 0 Å². The van der Waals surface area contributed by atoms with Gasteiger partial charge in [-0.15, -0.1) is 0 Å². The van der Waals surface area contributed by atoms with Gasteiger partial charge in [0.2, 0.25) is 6.71 Å². The molecule has 51 heavy (non-hydrogen) atoms. The predicted octanol–water partition coefficient (Wildman–Crippen LogP) is 10.9. The summed E-state index contributed by atoms with van der Waals surface area (Å²) in [6, 6.07) is 66.3. The number of para-hydroxylation sites is 5. The maximum atomic E-state index is 2.56. The molecule has 2 heterocycles. The average Bonchev–Trinajstić information content (AvgIpc) is 3.42. The number of hydrogen-bond acceptors (Lipinski definition) is 3. The summed E-state index contributed by atoms with van der Waals surface area (Å²) in [5, 5.41) is 0. The molecule has 0 saturated heterocycles. The number of allylic oxidation sites excluding steroid dienone is 1. The lowest BCUT2D eigenvalue weighted by Crippen LogP contribution is -2.57. The van der Waals surface area contributed by atoms with Gasteiger partial charge in [0.25, 0.3) is 0 Å².